The van der Waals surface area contributed by atoms with Crippen molar-refractivity contribution in [3.63, 3.8) is 0 Å². The zero-order chi connectivity index (χ0) is 19.9. The number of rotatable bonds is 6. The fraction of sp³-hybridized carbons (Fsp3) is 0.667. The minimum Gasteiger partial charge on any atom is -0.497 e. The molecule has 1 aromatic rings. The standard InChI is InChI=1S/C21H36N4O2/c1-21(2,3)9-10-23-20(22-4)24-16-7-11-25(12-8-16)17-13-18(26-5)15-19(14-17)27-6/h13-16H,7-12H2,1-6H3,(H2,22,23,24). The maximum Gasteiger partial charge on any atom is 0.191 e. The topological polar surface area (TPSA) is 58.1 Å². The minimum absolute atomic E-state index is 0.328. The Morgan fingerprint density at radius 1 is 1.11 bits per heavy atom. The molecule has 0 unspecified atom stereocenters. The van der Waals surface area contributed by atoms with Crippen molar-refractivity contribution < 1.29 is 9.47 Å². The van der Waals surface area contributed by atoms with Crippen LogP contribution in [0.25, 0.3) is 0 Å². The van der Waals surface area contributed by atoms with Crippen LogP contribution in [0.15, 0.2) is 23.2 Å². The molecule has 0 saturated carbocycles. The maximum absolute atomic E-state index is 5.39. The molecule has 0 atom stereocenters. The molecular weight excluding hydrogens is 340 g/mol. The third kappa shape index (κ3) is 6.85. The van der Waals surface area contributed by atoms with Crippen LogP contribution in [-0.4, -0.2) is 52.9 Å². The van der Waals surface area contributed by atoms with Crippen LogP contribution in [0.5, 0.6) is 11.5 Å². The van der Waals surface area contributed by atoms with E-state index in [0.29, 0.717) is 11.5 Å². The Bertz CT molecular complexity index is 595. The molecule has 0 bridgehead atoms. The highest BCUT2D eigenvalue weighted by Gasteiger charge is 2.21. The minimum atomic E-state index is 0.328. The molecule has 2 N–H and O–H groups in total. The third-order valence-electron chi connectivity index (χ3n) is 4.93. The van der Waals surface area contributed by atoms with Crippen LogP contribution >= 0.6 is 0 Å². The van der Waals surface area contributed by atoms with E-state index in [9.17, 15) is 0 Å². The van der Waals surface area contributed by atoms with Crippen molar-refractivity contribution in [2.75, 3.05) is 45.8 Å². The zero-order valence-electron chi connectivity index (χ0n) is 17.8. The second-order valence-corrected chi connectivity index (χ2v) is 8.29. The number of hydrogen-bond acceptors (Lipinski definition) is 4. The molecule has 1 fully saturated rings. The molecular formula is C21H36N4O2. The molecule has 27 heavy (non-hydrogen) atoms. The van der Waals surface area contributed by atoms with Crippen LogP contribution in [0.2, 0.25) is 0 Å². The van der Waals surface area contributed by atoms with E-state index in [1.807, 2.05) is 13.1 Å². The molecule has 6 nitrogen and oxygen atoms in total. The number of benzene rings is 1. The van der Waals surface area contributed by atoms with E-state index < -0.39 is 0 Å². The van der Waals surface area contributed by atoms with Crippen molar-refractivity contribution in [2.45, 2.75) is 46.1 Å². The summed E-state index contributed by atoms with van der Waals surface area (Å²) in [5, 5.41) is 7.01. The summed E-state index contributed by atoms with van der Waals surface area (Å²) >= 11 is 0. The van der Waals surface area contributed by atoms with Gasteiger partial charge in [0.1, 0.15) is 11.5 Å². The lowest BCUT2D eigenvalue weighted by molar-refractivity contribution is 0.376. The summed E-state index contributed by atoms with van der Waals surface area (Å²) in [4.78, 5) is 6.76. The van der Waals surface area contributed by atoms with E-state index in [4.69, 9.17) is 9.47 Å². The van der Waals surface area contributed by atoms with Crippen LogP contribution < -0.4 is 25.0 Å². The molecule has 0 aliphatic carbocycles. The van der Waals surface area contributed by atoms with Gasteiger partial charge in [0.15, 0.2) is 5.96 Å². The van der Waals surface area contributed by atoms with Gasteiger partial charge in [0, 0.05) is 56.6 Å². The van der Waals surface area contributed by atoms with Crippen LogP contribution in [-0.2, 0) is 0 Å². The average molecular weight is 377 g/mol. The monoisotopic (exact) mass is 376 g/mol. The van der Waals surface area contributed by atoms with Gasteiger partial charge < -0.3 is 25.0 Å². The number of nitrogens with zero attached hydrogens (tertiary/aromatic N) is 2. The van der Waals surface area contributed by atoms with Gasteiger partial charge in [-0.25, -0.2) is 0 Å². The van der Waals surface area contributed by atoms with E-state index in [0.717, 1.165) is 62.0 Å². The molecule has 2 rings (SSSR count). The van der Waals surface area contributed by atoms with Gasteiger partial charge in [0.25, 0.3) is 0 Å². The molecule has 0 amide bonds. The molecule has 1 aliphatic rings. The number of aliphatic imine (C=N–C) groups is 1. The summed E-state index contributed by atoms with van der Waals surface area (Å²) in [6, 6.07) is 6.49. The first kappa shape index (κ1) is 21.2. The van der Waals surface area contributed by atoms with Gasteiger partial charge in [-0.15, -0.1) is 0 Å². The van der Waals surface area contributed by atoms with Crippen LogP contribution in [0.3, 0.4) is 0 Å². The smallest absolute Gasteiger partial charge is 0.191 e. The largest absolute Gasteiger partial charge is 0.497 e. The number of nitrogens with one attached hydrogen (secondary N) is 2. The Kier molecular flexibility index (Phi) is 7.63. The highest BCUT2D eigenvalue weighted by Crippen LogP contribution is 2.30. The molecule has 1 saturated heterocycles. The van der Waals surface area contributed by atoms with Crippen molar-refractivity contribution in [3.8, 4) is 11.5 Å². The van der Waals surface area contributed by atoms with Crippen molar-refractivity contribution in [2.24, 2.45) is 10.4 Å². The number of hydrogen-bond donors (Lipinski definition) is 2. The summed E-state index contributed by atoms with van der Waals surface area (Å²) in [6.07, 6.45) is 3.25. The highest BCUT2D eigenvalue weighted by atomic mass is 16.5. The lowest BCUT2D eigenvalue weighted by Crippen LogP contribution is -2.49. The summed E-state index contributed by atoms with van der Waals surface area (Å²) < 4.78 is 10.8. The maximum atomic E-state index is 5.39. The van der Waals surface area contributed by atoms with Crippen LogP contribution in [0.1, 0.15) is 40.0 Å². The normalized spacial score (nSPS) is 16.2. The van der Waals surface area contributed by atoms with Gasteiger partial charge in [-0.05, 0) is 24.7 Å². The second-order valence-electron chi connectivity index (χ2n) is 8.29. The number of anilines is 1. The summed E-state index contributed by atoms with van der Waals surface area (Å²) in [6.45, 7) is 9.70. The van der Waals surface area contributed by atoms with E-state index >= 15 is 0 Å². The Hall–Kier alpha value is -2.11. The van der Waals surface area contributed by atoms with E-state index in [2.05, 4.69) is 53.4 Å². The number of guanidine groups is 1. The first-order chi connectivity index (χ1) is 12.8. The fourth-order valence-electron chi connectivity index (χ4n) is 3.20. The van der Waals surface area contributed by atoms with Crippen LogP contribution in [0.4, 0.5) is 5.69 Å². The van der Waals surface area contributed by atoms with Gasteiger partial charge in [0.2, 0.25) is 0 Å². The Balaban J connectivity index is 1.86. The zero-order valence-corrected chi connectivity index (χ0v) is 17.8. The van der Waals surface area contributed by atoms with Gasteiger partial charge >= 0.3 is 0 Å². The predicted octanol–water partition coefficient (Wildman–Crippen LogP) is 3.27. The number of methoxy groups -OCH3 is 2. The summed E-state index contributed by atoms with van der Waals surface area (Å²) in [5.74, 6) is 2.56. The van der Waals surface area contributed by atoms with Gasteiger partial charge in [-0.3, -0.25) is 4.99 Å². The first-order valence-corrected chi connectivity index (χ1v) is 9.80. The average Bonchev–Trinajstić information content (AvgIpc) is 2.66. The molecule has 6 heteroatoms. The predicted molar refractivity (Wildman–Crippen MR) is 113 cm³/mol. The van der Waals surface area contributed by atoms with Gasteiger partial charge in [-0.1, -0.05) is 20.8 Å². The molecule has 1 heterocycles. The third-order valence-corrected chi connectivity index (χ3v) is 4.93. The Labute approximate surface area is 164 Å². The van der Waals surface area contributed by atoms with Gasteiger partial charge in [0.05, 0.1) is 14.2 Å². The van der Waals surface area contributed by atoms with Crippen molar-refractivity contribution >= 4 is 11.6 Å². The SMILES string of the molecule is CN=C(NCCC(C)(C)C)NC1CCN(c2cc(OC)cc(OC)c2)CC1. The van der Waals surface area contributed by atoms with Crippen molar-refractivity contribution in [1.82, 2.24) is 10.6 Å². The number of ether oxygens (including phenoxy) is 2. The van der Waals surface area contributed by atoms with E-state index in [-0.39, 0.29) is 0 Å². The summed E-state index contributed by atoms with van der Waals surface area (Å²) in [7, 11) is 5.21. The molecule has 1 aromatic carbocycles. The lowest BCUT2D eigenvalue weighted by atomic mass is 9.92. The quantitative estimate of drug-likeness (QED) is 0.589. The number of piperidine rings is 1. The van der Waals surface area contributed by atoms with E-state index in [1.165, 1.54) is 0 Å². The Morgan fingerprint density at radius 3 is 2.19 bits per heavy atom. The fourth-order valence-corrected chi connectivity index (χ4v) is 3.20. The molecule has 0 radical (unpaired) electrons. The van der Waals surface area contributed by atoms with Gasteiger partial charge in [-0.2, -0.15) is 0 Å². The molecule has 1 aliphatic heterocycles. The van der Waals surface area contributed by atoms with Crippen LogP contribution in [0, 0.1) is 5.41 Å². The molecule has 152 valence electrons. The first-order valence-electron chi connectivity index (χ1n) is 9.80. The lowest BCUT2D eigenvalue weighted by Gasteiger charge is -2.35. The highest BCUT2D eigenvalue weighted by molar-refractivity contribution is 5.80. The van der Waals surface area contributed by atoms with Crippen molar-refractivity contribution in [1.29, 1.82) is 0 Å². The Morgan fingerprint density at radius 2 is 1.70 bits per heavy atom. The molecule has 0 spiro atoms. The van der Waals surface area contributed by atoms with E-state index in [1.54, 1.807) is 14.2 Å². The molecule has 0 aromatic heterocycles. The summed E-state index contributed by atoms with van der Waals surface area (Å²) in [5.41, 5.74) is 1.48. The van der Waals surface area contributed by atoms with Crippen molar-refractivity contribution in [3.05, 3.63) is 18.2 Å². The second kappa shape index (κ2) is 9.72.